The average Bonchev–Trinajstić information content (AvgIpc) is 2.49. The molecular formula is C15H22N2O2. The Morgan fingerprint density at radius 2 is 2.16 bits per heavy atom. The topological polar surface area (TPSA) is 61.4 Å². The highest BCUT2D eigenvalue weighted by molar-refractivity contribution is 5.82. The first-order chi connectivity index (χ1) is 9.15. The summed E-state index contributed by atoms with van der Waals surface area (Å²) in [5.74, 6) is -0.0277. The van der Waals surface area contributed by atoms with Gasteiger partial charge in [-0.1, -0.05) is 36.8 Å². The third-order valence-corrected chi connectivity index (χ3v) is 3.75. The zero-order valence-electron chi connectivity index (χ0n) is 11.4. The first kappa shape index (κ1) is 14.0. The Hall–Kier alpha value is -1.39. The highest BCUT2D eigenvalue weighted by Crippen LogP contribution is 2.20. The van der Waals surface area contributed by atoms with E-state index in [2.05, 4.69) is 10.6 Å². The minimum absolute atomic E-state index is 0.0277. The molecule has 1 aromatic rings. The minimum Gasteiger partial charge on any atom is -0.394 e. The Balaban J connectivity index is 2.07. The number of hydrogen-bond acceptors (Lipinski definition) is 3. The zero-order valence-corrected chi connectivity index (χ0v) is 11.4. The molecule has 1 aliphatic rings. The minimum atomic E-state index is -0.725. The van der Waals surface area contributed by atoms with Gasteiger partial charge in [-0.15, -0.1) is 0 Å². The van der Waals surface area contributed by atoms with E-state index in [1.54, 1.807) is 0 Å². The predicted octanol–water partition coefficient (Wildman–Crippen LogP) is 1.15. The lowest BCUT2D eigenvalue weighted by Crippen LogP contribution is -2.54. The van der Waals surface area contributed by atoms with Crippen molar-refractivity contribution in [1.82, 2.24) is 10.6 Å². The van der Waals surface area contributed by atoms with Gasteiger partial charge in [0.2, 0.25) is 5.91 Å². The van der Waals surface area contributed by atoms with Gasteiger partial charge in [-0.05, 0) is 31.9 Å². The van der Waals surface area contributed by atoms with Crippen LogP contribution in [0.2, 0.25) is 0 Å². The highest BCUT2D eigenvalue weighted by Gasteiger charge is 2.31. The van der Waals surface area contributed by atoms with Gasteiger partial charge < -0.3 is 15.7 Å². The second kappa shape index (κ2) is 6.17. The van der Waals surface area contributed by atoms with E-state index in [0.29, 0.717) is 0 Å². The van der Waals surface area contributed by atoms with Gasteiger partial charge in [0, 0.05) is 0 Å². The lowest BCUT2D eigenvalue weighted by molar-refractivity contribution is -0.126. The fraction of sp³-hybridized carbons (Fsp3) is 0.533. The molecule has 104 valence electrons. The molecule has 0 aromatic heterocycles. The molecule has 1 unspecified atom stereocenters. The molecule has 1 amide bonds. The van der Waals surface area contributed by atoms with Crippen LogP contribution in [-0.2, 0) is 10.3 Å². The van der Waals surface area contributed by atoms with Crippen molar-refractivity contribution in [3.8, 4) is 0 Å². The van der Waals surface area contributed by atoms with Gasteiger partial charge in [0.25, 0.3) is 0 Å². The maximum atomic E-state index is 12.3. The molecule has 1 aromatic carbocycles. The van der Waals surface area contributed by atoms with Gasteiger partial charge in [0.05, 0.1) is 18.2 Å². The number of benzene rings is 1. The molecule has 19 heavy (non-hydrogen) atoms. The van der Waals surface area contributed by atoms with E-state index in [4.69, 9.17) is 0 Å². The predicted molar refractivity (Wildman–Crippen MR) is 74.7 cm³/mol. The molecule has 1 heterocycles. The number of rotatable bonds is 4. The summed E-state index contributed by atoms with van der Waals surface area (Å²) in [6.07, 6.45) is 3.06. The number of aliphatic hydroxyl groups excluding tert-OH is 1. The van der Waals surface area contributed by atoms with Crippen molar-refractivity contribution in [1.29, 1.82) is 0 Å². The van der Waals surface area contributed by atoms with Crippen LogP contribution in [0.5, 0.6) is 0 Å². The fourth-order valence-electron chi connectivity index (χ4n) is 2.44. The number of carbonyl (C=O) groups excluding carboxylic acids is 1. The molecule has 2 rings (SSSR count). The van der Waals surface area contributed by atoms with Crippen LogP contribution in [0, 0.1) is 0 Å². The van der Waals surface area contributed by atoms with Gasteiger partial charge in [-0.25, -0.2) is 0 Å². The molecule has 1 aliphatic heterocycles. The molecule has 1 fully saturated rings. The smallest absolute Gasteiger partial charge is 0.237 e. The summed E-state index contributed by atoms with van der Waals surface area (Å²) in [5, 5.41) is 15.9. The van der Waals surface area contributed by atoms with Crippen molar-refractivity contribution < 1.29 is 9.90 Å². The summed E-state index contributed by atoms with van der Waals surface area (Å²) < 4.78 is 0. The Bertz CT molecular complexity index is 415. The van der Waals surface area contributed by atoms with Crippen LogP contribution < -0.4 is 10.6 Å². The van der Waals surface area contributed by atoms with Crippen molar-refractivity contribution in [2.75, 3.05) is 13.2 Å². The van der Waals surface area contributed by atoms with Gasteiger partial charge in [0.1, 0.15) is 0 Å². The van der Waals surface area contributed by atoms with E-state index < -0.39 is 5.54 Å². The van der Waals surface area contributed by atoms with Gasteiger partial charge in [0.15, 0.2) is 0 Å². The molecule has 3 N–H and O–H groups in total. The highest BCUT2D eigenvalue weighted by atomic mass is 16.3. The monoisotopic (exact) mass is 262 g/mol. The molecule has 0 spiro atoms. The average molecular weight is 262 g/mol. The Kier molecular flexibility index (Phi) is 4.56. The zero-order chi connectivity index (χ0) is 13.7. The summed E-state index contributed by atoms with van der Waals surface area (Å²) in [6.45, 7) is 2.62. The summed E-state index contributed by atoms with van der Waals surface area (Å²) in [4.78, 5) is 12.3. The number of carbonyl (C=O) groups is 1. The number of nitrogens with one attached hydrogen (secondary N) is 2. The van der Waals surface area contributed by atoms with Crippen molar-refractivity contribution in [3.63, 3.8) is 0 Å². The largest absolute Gasteiger partial charge is 0.394 e. The molecule has 1 saturated heterocycles. The van der Waals surface area contributed by atoms with Crippen molar-refractivity contribution in [3.05, 3.63) is 35.9 Å². The van der Waals surface area contributed by atoms with E-state index in [1.165, 1.54) is 0 Å². The fourth-order valence-corrected chi connectivity index (χ4v) is 2.44. The van der Waals surface area contributed by atoms with Crippen LogP contribution in [0.1, 0.15) is 31.7 Å². The number of aliphatic hydroxyl groups is 1. The lowest BCUT2D eigenvalue weighted by atomic mass is 9.92. The Morgan fingerprint density at radius 1 is 1.42 bits per heavy atom. The summed E-state index contributed by atoms with van der Waals surface area (Å²) in [7, 11) is 0. The number of amides is 1. The Morgan fingerprint density at radius 3 is 2.74 bits per heavy atom. The molecule has 0 saturated carbocycles. The van der Waals surface area contributed by atoms with E-state index >= 15 is 0 Å². The number of piperidine rings is 1. The number of hydrogen-bond donors (Lipinski definition) is 3. The molecule has 0 aliphatic carbocycles. The van der Waals surface area contributed by atoms with Crippen LogP contribution in [0.3, 0.4) is 0 Å². The standard InChI is InChI=1S/C15H22N2O2/c1-15(11-18,12-7-3-2-4-8-12)17-14(19)13-9-5-6-10-16-13/h2-4,7-8,13,16,18H,5-6,9-11H2,1H3,(H,17,19)/t13-,15?/m0/s1. The van der Waals surface area contributed by atoms with Crippen molar-refractivity contribution in [2.45, 2.75) is 37.8 Å². The summed E-state index contributed by atoms with van der Waals surface area (Å²) in [5.41, 5.74) is 0.193. The van der Waals surface area contributed by atoms with Gasteiger partial charge in [-0.2, -0.15) is 0 Å². The Labute approximate surface area is 114 Å². The van der Waals surface area contributed by atoms with Crippen LogP contribution in [0.15, 0.2) is 30.3 Å². The second-order valence-corrected chi connectivity index (χ2v) is 5.35. The lowest BCUT2D eigenvalue weighted by Gasteiger charge is -2.32. The van der Waals surface area contributed by atoms with Crippen LogP contribution in [0.4, 0.5) is 0 Å². The van der Waals surface area contributed by atoms with Crippen LogP contribution in [-0.4, -0.2) is 30.2 Å². The summed E-state index contributed by atoms with van der Waals surface area (Å²) in [6, 6.07) is 9.45. The van der Waals surface area contributed by atoms with E-state index in [1.807, 2.05) is 37.3 Å². The van der Waals surface area contributed by atoms with Gasteiger partial charge in [-0.3, -0.25) is 4.79 Å². The molecule has 0 radical (unpaired) electrons. The van der Waals surface area contributed by atoms with Crippen molar-refractivity contribution in [2.24, 2.45) is 0 Å². The maximum absolute atomic E-state index is 12.3. The maximum Gasteiger partial charge on any atom is 0.237 e. The SMILES string of the molecule is CC(CO)(NC(=O)[C@@H]1CCCCN1)c1ccccc1. The molecular weight excluding hydrogens is 240 g/mol. The van der Waals surface area contributed by atoms with E-state index in [-0.39, 0.29) is 18.6 Å². The second-order valence-electron chi connectivity index (χ2n) is 5.35. The van der Waals surface area contributed by atoms with Gasteiger partial charge >= 0.3 is 0 Å². The molecule has 2 atom stereocenters. The molecule has 4 heteroatoms. The first-order valence-corrected chi connectivity index (χ1v) is 6.87. The van der Waals surface area contributed by atoms with Crippen LogP contribution >= 0.6 is 0 Å². The third-order valence-electron chi connectivity index (χ3n) is 3.75. The normalized spacial score (nSPS) is 22.5. The third kappa shape index (κ3) is 3.33. The molecule has 4 nitrogen and oxygen atoms in total. The summed E-state index contributed by atoms with van der Waals surface area (Å²) >= 11 is 0. The quantitative estimate of drug-likeness (QED) is 0.763. The molecule has 0 bridgehead atoms. The van der Waals surface area contributed by atoms with Crippen LogP contribution in [0.25, 0.3) is 0 Å². The van der Waals surface area contributed by atoms with E-state index in [9.17, 15) is 9.90 Å². The first-order valence-electron chi connectivity index (χ1n) is 6.87. The van der Waals surface area contributed by atoms with E-state index in [0.717, 1.165) is 31.4 Å². The van der Waals surface area contributed by atoms with Crippen molar-refractivity contribution >= 4 is 5.91 Å².